The lowest BCUT2D eigenvalue weighted by Gasteiger charge is -2.32. The van der Waals surface area contributed by atoms with Crippen molar-refractivity contribution >= 4 is 50.7 Å². The van der Waals surface area contributed by atoms with Crippen molar-refractivity contribution < 1.29 is 18.0 Å². The summed E-state index contributed by atoms with van der Waals surface area (Å²) in [5.41, 5.74) is 0.851. The summed E-state index contributed by atoms with van der Waals surface area (Å²) in [5, 5.41) is 3.18. The number of rotatable bonds is 10. The molecule has 37 heavy (non-hydrogen) atoms. The second-order valence-electron chi connectivity index (χ2n) is 8.77. The number of hydrogen-bond acceptors (Lipinski definition) is 4. The van der Waals surface area contributed by atoms with Crippen LogP contribution in [0.1, 0.15) is 26.3 Å². The van der Waals surface area contributed by atoms with E-state index in [1.54, 1.807) is 25.1 Å². The van der Waals surface area contributed by atoms with Crippen LogP contribution in [0.2, 0.25) is 10.0 Å². The number of anilines is 1. The van der Waals surface area contributed by atoms with E-state index in [0.29, 0.717) is 0 Å². The summed E-state index contributed by atoms with van der Waals surface area (Å²) in [6.45, 7) is 4.77. The molecular formula is C27H29Cl2N3O4S. The summed E-state index contributed by atoms with van der Waals surface area (Å²) in [5.74, 6) is -0.927. The normalized spacial score (nSPS) is 12.2. The van der Waals surface area contributed by atoms with Crippen molar-refractivity contribution in [2.24, 2.45) is 0 Å². The first-order chi connectivity index (χ1) is 17.5. The van der Waals surface area contributed by atoms with Crippen LogP contribution in [-0.4, -0.2) is 43.8 Å². The van der Waals surface area contributed by atoms with Crippen LogP contribution in [0, 0.1) is 0 Å². The number of nitrogens with one attached hydrogen (secondary N) is 1. The van der Waals surface area contributed by atoms with Crippen molar-refractivity contribution in [1.29, 1.82) is 0 Å². The monoisotopic (exact) mass is 561 g/mol. The van der Waals surface area contributed by atoms with E-state index in [9.17, 15) is 18.0 Å². The van der Waals surface area contributed by atoms with Crippen molar-refractivity contribution in [2.45, 2.75) is 44.3 Å². The third-order valence-electron chi connectivity index (χ3n) is 5.58. The number of carbonyl (C=O) groups is 2. The fourth-order valence-electron chi connectivity index (χ4n) is 3.68. The Morgan fingerprint density at radius 3 is 2.08 bits per heavy atom. The molecule has 7 nitrogen and oxygen atoms in total. The lowest BCUT2D eigenvalue weighted by molar-refractivity contribution is -0.139. The SMILES string of the molecule is CC(C)NC(=O)[C@H](C)N(Cc1ccccc1)C(=O)CN(c1cc(Cl)ccc1Cl)S(=O)(=O)c1ccccc1. The first kappa shape index (κ1) is 28.5. The lowest BCUT2D eigenvalue weighted by Crippen LogP contribution is -2.52. The highest BCUT2D eigenvalue weighted by molar-refractivity contribution is 7.92. The Bertz CT molecular complexity index is 1340. The predicted octanol–water partition coefficient (Wildman–Crippen LogP) is 5.13. The number of nitrogens with zero attached hydrogens (tertiary/aromatic N) is 2. The Morgan fingerprint density at radius 2 is 1.49 bits per heavy atom. The fraction of sp³-hybridized carbons (Fsp3) is 0.259. The van der Waals surface area contributed by atoms with Gasteiger partial charge in [-0.15, -0.1) is 0 Å². The third-order valence-corrected chi connectivity index (χ3v) is 7.91. The number of sulfonamides is 1. The largest absolute Gasteiger partial charge is 0.352 e. The van der Waals surface area contributed by atoms with Crippen molar-refractivity contribution in [3.63, 3.8) is 0 Å². The molecule has 3 aromatic rings. The highest BCUT2D eigenvalue weighted by atomic mass is 35.5. The molecule has 1 N–H and O–H groups in total. The van der Waals surface area contributed by atoms with Gasteiger partial charge in [-0.1, -0.05) is 71.7 Å². The molecule has 2 amide bonds. The van der Waals surface area contributed by atoms with E-state index in [4.69, 9.17) is 23.2 Å². The average molecular weight is 563 g/mol. The van der Waals surface area contributed by atoms with Crippen LogP contribution in [0.4, 0.5) is 5.69 Å². The maximum atomic E-state index is 13.8. The quantitative estimate of drug-likeness (QED) is 0.371. The lowest BCUT2D eigenvalue weighted by atomic mass is 10.1. The minimum atomic E-state index is -4.22. The molecule has 0 aliphatic heterocycles. The fourth-order valence-corrected chi connectivity index (χ4v) is 5.56. The van der Waals surface area contributed by atoms with E-state index in [1.165, 1.54) is 35.2 Å². The predicted molar refractivity (Wildman–Crippen MR) is 147 cm³/mol. The van der Waals surface area contributed by atoms with Gasteiger partial charge in [0.15, 0.2) is 0 Å². The van der Waals surface area contributed by atoms with Gasteiger partial charge in [0, 0.05) is 17.6 Å². The van der Waals surface area contributed by atoms with E-state index >= 15 is 0 Å². The van der Waals surface area contributed by atoms with Crippen molar-refractivity contribution in [3.8, 4) is 0 Å². The van der Waals surface area contributed by atoms with Crippen LogP contribution in [0.5, 0.6) is 0 Å². The number of amides is 2. The molecular weight excluding hydrogens is 533 g/mol. The van der Waals surface area contributed by atoms with Crippen LogP contribution in [0.25, 0.3) is 0 Å². The van der Waals surface area contributed by atoms with E-state index in [0.717, 1.165) is 9.87 Å². The van der Waals surface area contributed by atoms with Gasteiger partial charge in [-0.25, -0.2) is 8.42 Å². The second kappa shape index (κ2) is 12.4. The summed E-state index contributed by atoms with van der Waals surface area (Å²) in [6.07, 6.45) is 0. The Labute approximate surface area is 228 Å². The summed E-state index contributed by atoms with van der Waals surface area (Å²) >= 11 is 12.6. The smallest absolute Gasteiger partial charge is 0.264 e. The zero-order valence-electron chi connectivity index (χ0n) is 20.8. The van der Waals surface area contributed by atoms with Crippen LogP contribution in [0.3, 0.4) is 0 Å². The zero-order chi connectivity index (χ0) is 27.2. The molecule has 0 aliphatic rings. The molecule has 0 aromatic heterocycles. The molecule has 3 aromatic carbocycles. The third kappa shape index (κ3) is 7.25. The number of halogens is 2. The number of benzene rings is 3. The van der Waals surface area contributed by atoms with Crippen molar-refractivity contribution in [3.05, 3.63) is 94.5 Å². The maximum Gasteiger partial charge on any atom is 0.264 e. The summed E-state index contributed by atoms with van der Waals surface area (Å²) in [4.78, 5) is 28.0. The Kier molecular flexibility index (Phi) is 9.59. The molecule has 10 heteroatoms. The van der Waals surface area contributed by atoms with E-state index < -0.39 is 28.5 Å². The van der Waals surface area contributed by atoms with Gasteiger partial charge in [0.25, 0.3) is 10.0 Å². The zero-order valence-corrected chi connectivity index (χ0v) is 23.1. The highest BCUT2D eigenvalue weighted by Crippen LogP contribution is 2.33. The van der Waals surface area contributed by atoms with Gasteiger partial charge < -0.3 is 10.2 Å². The standard InChI is InChI=1S/C27H29Cl2N3O4S/c1-19(2)30-27(34)20(3)31(17-21-10-6-4-7-11-21)26(33)18-32(25-16-22(28)14-15-24(25)29)37(35,36)23-12-8-5-9-13-23/h4-16,19-20H,17-18H2,1-3H3,(H,30,34)/t20-/m0/s1. The van der Waals surface area contributed by atoms with Crippen LogP contribution in [0.15, 0.2) is 83.8 Å². The summed E-state index contributed by atoms with van der Waals surface area (Å²) in [6, 6.07) is 20.3. The molecule has 0 saturated heterocycles. The van der Waals surface area contributed by atoms with Gasteiger partial charge in [-0.3, -0.25) is 13.9 Å². The van der Waals surface area contributed by atoms with E-state index in [2.05, 4.69) is 5.32 Å². The van der Waals surface area contributed by atoms with Crippen LogP contribution < -0.4 is 9.62 Å². The molecule has 0 saturated carbocycles. The van der Waals surface area contributed by atoms with Crippen LogP contribution >= 0.6 is 23.2 Å². The molecule has 0 fully saturated rings. The Hall–Kier alpha value is -3.07. The molecule has 0 radical (unpaired) electrons. The topological polar surface area (TPSA) is 86.8 Å². The molecule has 1 atom stereocenters. The van der Waals surface area contributed by atoms with Gasteiger partial charge in [0.05, 0.1) is 15.6 Å². The molecule has 0 aliphatic carbocycles. The molecule has 0 bridgehead atoms. The second-order valence-corrected chi connectivity index (χ2v) is 11.5. The summed E-state index contributed by atoms with van der Waals surface area (Å²) in [7, 11) is -4.22. The first-order valence-electron chi connectivity index (χ1n) is 11.7. The van der Waals surface area contributed by atoms with Gasteiger partial charge in [-0.2, -0.15) is 0 Å². The Balaban J connectivity index is 2.05. The molecule has 0 unspecified atom stereocenters. The summed E-state index contributed by atoms with van der Waals surface area (Å²) < 4.78 is 28.4. The molecule has 196 valence electrons. The number of hydrogen-bond donors (Lipinski definition) is 1. The van der Waals surface area contributed by atoms with Gasteiger partial charge >= 0.3 is 0 Å². The molecule has 3 rings (SSSR count). The van der Waals surface area contributed by atoms with E-state index in [-0.39, 0.29) is 39.1 Å². The first-order valence-corrected chi connectivity index (χ1v) is 13.9. The van der Waals surface area contributed by atoms with Gasteiger partial charge in [-0.05, 0) is 56.7 Å². The van der Waals surface area contributed by atoms with Crippen molar-refractivity contribution in [1.82, 2.24) is 10.2 Å². The minimum absolute atomic E-state index is 0.0148. The van der Waals surface area contributed by atoms with Crippen molar-refractivity contribution in [2.75, 3.05) is 10.8 Å². The van der Waals surface area contributed by atoms with Gasteiger partial charge in [0.2, 0.25) is 11.8 Å². The average Bonchev–Trinajstić information content (AvgIpc) is 2.87. The number of carbonyl (C=O) groups excluding carboxylic acids is 2. The van der Waals surface area contributed by atoms with Crippen LogP contribution in [-0.2, 0) is 26.2 Å². The Morgan fingerprint density at radius 1 is 0.892 bits per heavy atom. The maximum absolute atomic E-state index is 13.8. The molecule has 0 spiro atoms. The van der Waals surface area contributed by atoms with E-state index in [1.807, 2.05) is 44.2 Å². The van der Waals surface area contributed by atoms with Gasteiger partial charge in [0.1, 0.15) is 12.6 Å². The highest BCUT2D eigenvalue weighted by Gasteiger charge is 2.33. The minimum Gasteiger partial charge on any atom is -0.352 e. The molecule has 0 heterocycles.